The molecule has 0 aromatic heterocycles. The molecule has 0 unspecified atom stereocenters. The summed E-state index contributed by atoms with van der Waals surface area (Å²) in [6.07, 6.45) is 0. The Morgan fingerprint density at radius 1 is 1.10 bits per heavy atom. The van der Waals surface area contributed by atoms with E-state index in [1.54, 1.807) is 60.5 Å². The normalized spacial score (nSPS) is 10.2. The quantitative estimate of drug-likeness (QED) is 0.827. The average Bonchev–Trinajstić information content (AvgIpc) is 2.48. The largest absolute Gasteiger partial charge is 0.492 e. The Labute approximate surface area is 134 Å². The van der Waals surface area contributed by atoms with Crippen LogP contribution < -0.4 is 4.74 Å². The molecule has 1 amide bonds. The van der Waals surface area contributed by atoms with E-state index in [1.807, 2.05) is 0 Å². The number of ether oxygens (including phenoxy) is 1. The first-order valence-corrected chi connectivity index (χ1v) is 7.21. The molecule has 0 aliphatic heterocycles. The molecule has 2 rings (SSSR count). The van der Waals surface area contributed by atoms with Crippen LogP contribution in [0, 0.1) is 0 Å². The van der Waals surface area contributed by atoms with Crippen LogP contribution in [0.3, 0.4) is 0 Å². The van der Waals surface area contributed by atoms with Crippen LogP contribution in [-0.2, 0) is 0 Å². The summed E-state index contributed by atoms with van der Waals surface area (Å²) in [7, 11) is 1.73. The molecule has 110 valence electrons. The lowest BCUT2D eigenvalue weighted by molar-refractivity contribution is 0.0774. The lowest BCUT2D eigenvalue weighted by atomic mass is 10.2. The topological polar surface area (TPSA) is 29.5 Å². The predicted octanol–water partition coefficient (Wildman–Crippen LogP) is 4.14. The molecule has 0 heterocycles. The van der Waals surface area contributed by atoms with Gasteiger partial charge in [0.1, 0.15) is 12.4 Å². The van der Waals surface area contributed by atoms with E-state index < -0.39 is 0 Å². The molecule has 3 nitrogen and oxygen atoms in total. The van der Waals surface area contributed by atoms with Gasteiger partial charge in [-0.15, -0.1) is 0 Å². The molecule has 0 aliphatic carbocycles. The average molecular weight is 324 g/mol. The highest BCUT2D eigenvalue weighted by Crippen LogP contribution is 2.15. The van der Waals surface area contributed by atoms with E-state index >= 15 is 0 Å². The molecule has 0 radical (unpaired) electrons. The second-order valence-electron chi connectivity index (χ2n) is 4.54. The van der Waals surface area contributed by atoms with Crippen molar-refractivity contribution in [1.82, 2.24) is 4.90 Å². The molecule has 2 aromatic rings. The number of hydrogen-bond donors (Lipinski definition) is 0. The lowest BCUT2D eigenvalue weighted by Gasteiger charge is -2.17. The third-order valence-corrected chi connectivity index (χ3v) is 3.41. The van der Waals surface area contributed by atoms with Gasteiger partial charge in [-0.2, -0.15) is 0 Å². The highest BCUT2D eigenvalue weighted by molar-refractivity contribution is 6.31. The van der Waals surface area contributed by atoms with Gasteiger partial charge in [-0.05, 0) is 42.5 Å². The van der Waals surface area contributed by atoms with Crippen molar-refractivity contribution in [1.29, 1.82) is 0 Å². The molecule has 0 fully saturated rings. The molecule has 5 heteroatoms. The van der Waals surface area contributed by atoms with Crippen molar-refractivity contribution >= 4 is 29.1 Å². The van der Waals surface area contributed by atoms with Crippen molar-refractivity contribution in [3.8, 4) is 5.75 Å². The monoisotopic (exact) mass is 323 g/mol. The Hall–Kier alpha value is -1.71. The SMILES string of the molecule is CN(CCOc1ccc(Cl)cc1)C(=O)c1cccc(Cl)c1. The van der Waals surface area contributed by atoms with E-state index in [0.29, 0.717) is 28.8 Å². The summed E-state index contributed by atoms with van der Waals surface area (Å²) < 4.78 is 5.56. The smallest absolute Gasteiger partial charge is 0.253 e. The zero-order valence-electron chi connectivity index (χ0n) is 11.6. The van der Waals surface area contributed by atoms with Gasteiger partial charge in [0, 0.05) is 22.7 Å². The number of hydrogen-bond acceptors (Lipinski definition) is 2. The Morgan fingerprint density at radius 3 is 2.48 bits per heavy atom. The third-order valence-electron chi connectivity index (χ3n) is 2.93. The second kappa shape index (κ2) is 7.34. The summed E-state index contributed by atoms with van der Waals surface area (Å²) in [4.78, 5) is 13.8. The maximum Gasteiger partial charge on any atom is 0.253 e. The molecular formula is C16H15Cl2NO2. The number of benzene rings is 2. The molecule has 0 saturated heterocycles. The molecule has 0 saturated carbocycles. The number of likely N-dealkylation sites (N-methyl/N-ethyl adjacent to an activating group) is 1. The molecular weight excluding hydrogens is 309 g/mol. The summed E-state index contributed by atoms with van der Waals surface area (Å²) in [5, 5.41) is 1.21. The van der Waals surface area contributed by atoms with Gasteiger partial charge >= 0.3 is 0 Å². The number of carbonyl (C=O) groups excluding carboxylic acids is 1. The van der Waals surface area contributed by atoms with Crippen molar-refractivity contribution in [3.63, 3.8) is 0 Å². The molecule has 2 aromatic carbocycles. The zero-order chi connectivity index (χ0) is 15.2. The summed E-state index contributed by atoms with van der Waals surface area (Å²) in [5.41, 5.74) is 0.566. The van der Waals surface area contributed by atoms with E-state index in [0.717, 1.165) is 5.75 Å². The Kier molecular flexibility index (Phi) is 5.48. The first-order chi connectivity index (χ1) is 10.1. The van der Waals surface area contributed by atoms with E-state index in [2.05, 4.69) is 0 Å². The van der Waals surface area contributed by atoms with Gasteiger partial charge in [0.25, 0.3) is 5.91 Å². The summed E-state index contributed by atoms with van der Waals surface area (Å²) in [6.45, 7) is 0.887. The standard InChI is InChI=1S/C16H15Cl2NO2/c1-19(16(20)12-3-2-4-14(18)11-12)9-10-21-15-7-5-13(17)6-8-15/h2-8,11H,9-10H2,1H3. The van der Waals surface area contributed by atoms with Crippen molar-refractivity contribution in [3.05, 3.63) is 64.1 Å². The number of halogens is 2. The van der Waals surface area contributed by atoms with Gasteiger partial charge in [0.05, 0.1) is 6.54 Å². The zero-order valence-corrected chi connectivity index (χ0v) is 13.1. The van der Waals surface area contributed by atoms with Crippen molar-refractivity contribution in [2.75, 3.05) is 20.2 Å². The Balaban J connectivity index is 1.85. The van der Waals surface area contributed by atoms with Crippen LogP contribution >= 0.6 is 23.2 Å². The Morgan fingerprint density at radius 2 is 1.81 bits per heavy atom. The van der Waals surface area contributed by atoms with Gasteiger partial charge in [-0.1, -0.05) is 29.3 Å². The van der Waals surface area contributed by atoms with Crippen LogP contribution in [0.25, 0.3) is 0 Å². The lowest BCUT2D eigenvalue weighted by Crippen LogP contribution is -2.30. The third kappa shape index (κ3) is 4.66. The fourth-order valence-corrected chi connectivity index (χ4v) is 2.09. The second-order valence-corrected chi connectivity index (χ2v) is 5.41. The maximum atomic E-state index is 12.2. The van der Waals surface area contributed by atoms with Crippen molar-refractivity contribution in [2.24, 2.45) is 0 Å². The van der Waals surface area contributed by atoms with Crippen molar-refractivity contribution < 1.29 is 9.53 Å². The van der Waals surface area contributed by atoms with Crippen LogP contribution in [0.4, 0.5) is 0 Å². The number of nitrogens with zero attached hydrogens (tertiary/aromatic N) is 1. The number of amides is 1. The molecule has 0 aliphatic rings. The van der Waals surface area contributed by atoms with Crippen LogP contribution in [-0.4, -0.2) is 31.0 Å². The van der Waals surface area contributed by atoms with Crippen LogP contribution in [0.1, 0.15) is 10.4 Å². The van der Waals surface area contributed by atoms with E-state index in [9.17, 15) is 4.79 Å². The van der Waals surface area contributed by atoms with Gasteiger partial charge < -0.3 is 9.64 Å². The van der Waals surface area contributed by atoms with E-state index in [-0.39, 0.29) is 5.91 Å². The molecule has 0 atom stereocenters. The highest BCUT2D eigenvalue weighted by Gasteiger charge is 2.11. The predicted molar refractivity (Wildman–Crippen MR) is 85.4 cm³/mol. The summed E-state index contributed by atoms with van der Waals surface area (Å²) in [5.74, 6) is 0.639. The minimum atomic E-state index is -0.0859. The van der Waals surface area contributed by atoms with Crippen LogP contribution in [0.15, 0.2) is 48.5 Å². The van der Waals surface area contributed by atoms with E-state index in [4.69, 9.17) is 27.9 Å². The number of rotatable bonds is 5. The fourth-order valence-electron chi connectivity index (χ4n) is 1.77. The number of carbonyl (C=O) groups is 1. The van der Waals surface area contributed by atoms with E-state index in [1.165, 1.54) is 0 Å². The van der Waals surface area contributed by atoms with Gasteiger partial charge in [0.15, 0.2) is 0 Å². The van der Waals surface area contributed by atoms with Crippen LogP contribution in [0.2, 0.25) is 10.0 Å². The highest BCUT2D eigenvalue weighted by atomic mass is 35.5. The van der Waals surface area contributed by atoms with Crippen LogP contribution in [0.5, 0.6) is 5.75 Å². The fraction of sp³-hybridized carbons (Fsp3) is 0.188. The first kappa shape index (κ1) is 15.7. The minimum Gasteiger partial charge on any atom is -0.492 e. The molecule has 0 spiro atoms. The summed E-state index contributed by atoms with van der Waals surface area (Å²) >= 11 is 11.7. The van der Waals surface area contributed by atoms with Gasteiger partial charge in [-0.3, -0.25) is 4.79 Å². The maximum absolute atomic E-state index is 12.2. The Bertz CT molecular complexity index is 614. The van der Waals surface area contributed by atoms with Gasteiger partial charge in [-0.25, -0.2) is 0 Å². The van der Waals surface area contributed by atoms with Gasteiger partial charge in [0.2, 0.25) is 0 Å². The van der Waals surface area contributed by atoms with Crippen molar-refractivity contribution in [2.45, 2.75) is 0 Å². The molecule has 0 N–H and O–H groups in total. The molecule has 21 heavy (non-hydrogen) atoms. The minimum absolute atomic E-state index is 0.0859. The summed E-state index contributed by atoms with van der Waals surface area (Å²) in [6, 6.07) is 14.0. The molecule has 0 bridgehead atoms. The first-order valence-electron chi connectivity index (χ1n) is 6.45.